The quantitative estimate of drug-likeness (QED) is 0.705. The van der Waals surface area contributed by atoms with Crippen molar-refractivity contribution in [2.75, 3.05) is 0 Å². The van der Waals surface area contributed by atoms with Crippen molar-refractivity contribution in [1.29, 1.82) is 0 Å². The summed E-state index contributed by atoms with van der Waals surface area (Å²) in [4.78, 5) is 4.42. The van der Waals surface area contributed by atoms with Crippen LogP contribution in [-0.4, -0.2) is 4.98 Å². The van der Waals surface area contributed by atoms with Crippen LogP contribution in [-0.2, 0) is 0 Å². The Bertz CT molecular complexity index is 438. The molecule has 1 unspecified atom stereocenters. The molecule has 1 atom stereocenters. The molecule has 4 heteroatoms. The van der Waals surface area contributed by atoms with Gasteiger partial charge in [-0.1, -0.05) is 15.9 Å². The van der Waals surface area contributed by atoms with E-state index in [0.29, 0.717) is 0 Å². The number of nitrogens with zero attached hydrogens (tertiary/aromatic N) is 1. The largest absolute Gasteiger partial charge is 0.240 e. The maximum atomic E-state index is 5.95. The molecule has 13 heavy (non-hydrogen) atoms. The standard InChI is InChI=1S/C9H7BrClNS/c1-5(11)9-12-7-3-2-6(10)4-8(7)13-9/h2-5H,1H3. The number of fused-ring (bicyclic) bond motifs is 1. The summed E-state index contributed by atoms with van der Waals surface area (Å²) in [5.74, 6) is 0. The summed E-state index contributed by atoms with van der Waals surface area (Å²) in [6.45, 7) is 1.94. The lowest BCUT2D eigenvalue weighted by Crippen LogP contribution is -1.79. The molecule has 0 fully saturated rings. The monoisotopic (exact) mass is 275 g/mol. The van der Waals surface area contributed by atoms with Gasteiger partial charge in [-0.3, -0.25) is 0 Å². The van der Waals surface area contributed by atoms with Gasteiger partial charge in [0.15, 0.2) is 0 Å². The molecule has 0 bridgehead atoms. The highest BCUT2D eigenvalue weighted by Gasteiger charge is 2.08. The predicted octanol–water partition coefficient (Wildman–Crippen LogP) is 4.36. The van der Waals surface area contributed by atoms with Crippen molar-refractivity contribution in [3.05, 3.63) is 27.7 Å². The summed E-state index contributed by atoms with van der Waals surface area (Å²) < 4.78 is 2.26. The second kappa shape index (κ2) is 3.56. The van der Waals surface area contributed by atoms with Gasteiger partial charge in [0.1, 0.15) is 5.01 Å². The van der Waals surface area contributed by atoms with Crippen molar-refractivity contribution < 1.29 is 0 Å². The van der Waals surface area contributed by atoms with E-state index in [4.69, 9.17) is 11.6 Å². The predicted molar refractivity (Wildman–Crippen MR) is 61.6 cm³/mol. The van der Waals surface area contributed by atoms with E-state index in [0.717, 1.165) is 15.0 Å². The molecule has 0 aliphatic carbocycles. The van der Waals surface area contributed by atoms with Gasteiger partial charge in [-0.05, 0) is 25.1 Å². The van der Waals surface area contributed by atoms with E-state index in [1.807, 2.05) is 19.1 Å². The first kappa shape index (κ1) is 9.44. The number of benzene rings is 1. The van der Waals surface area contributed by atoms with Crippen molar-refractivity contribution in [3.63, 3.8) is 0 Å². The van der Waals surface area contributed by atoms with Crippen molar-refractivity contribution in [1.82, 2.24) is 4.98 Å². The molecule has 1 heterocycles. The fourth-order valence-electron chi connectivity index (χ4n) is 1.09. The van der Waals surface area contributed by atoms with Crippen molar-refractivity contribution in [2.45, 2.75) is 12.3 Å². The van der Waals surface area contributed by atoms with E-state index in [2.05, 4.69) is 27.0 Å². The van der Waals surface area contributed by atoms with Crippen LogP contribution in [0.3, 0.4) is 0 Å². The zero-order valence-electron chi connectivity index (χ0n) is 6.92. The third-order valence-electron chi connectivity index (χ3n) is 1.71. The number of halogens is 2. The smallest absolute Gasteiger partial charge is 0.111 e. The number of hydrogen-bond acceptors (Lipinski definition) is 2. The summed E-state index contributed by atoms with van der Waals surface area (Å²) in [7, 11) is 0. The minimum absolute atomic E-state index is 0.00354. The highest BCUT2D eigenvalue weighted by atomic mass is 79.9. The molecule has 0 radical (unpaired) electrons. The number of hydrogen-bond donors (Lipinski definition) is 0. The SMILES string of the molecule is CC(Cl)c1nc2ccc(Br)cc2s1. The Hall–Kier alpha value is -0.120. The van der Waals surface area contributed by atoms with E-state index in [9.17, 15) is 0 Å². The van der Waals surface area contributed by atoms with E-state index < -0.39 is 0 Å². The lowest BCUT2D eigenvalue weighted by molar-refractivity contribution is 1.06. The molecule has 0 aliphatic heterocycles. The number of alkyl halides is 1. The molecule has 0 N–H and O–H groups in total. The summed E-state index contributed by atoms with van der Waals surface area (Å²) in [5.41, 5.74) is 1.02. The van der Waals surface area contributed by atoms with Crippen LogP contribution >= 0.6 is 38.9 Å². The van der Waals surface area contributed by atoms with E-state index in [1.54, 1.807) is 11.3 Å². The average Bonchev–Trinajstić information content (AvgIpc) is 2.46. The molecule has 0 aliphatic rings. The van der Waals surface area contributed by atoms with Gasteiger partial charge in [-0.15, -0.1) is 22.9 Å². The fourth-order valence-corrected chi connectivity index (χ4v) is 2.72. The van der Waals surface area contributed by atoms with Crippen LogP contribution in [0.5, 0.6) is 0 Å². The Morgan fingerprint density at radius 2 is 2.31 bits per heavy atom. The molecule has 68 valence electrons. The molecule has 2 rings (SSSR count). The van der Waals surface area contributed by atoms with Crippen molar-refractivity contribution in [2.24, 2.45) is 0 Å². The number of thiazole rings is 1. The molecular weight excluding hydrogens is 270 g/mol. The Morgan fingerprint density at radius 3 is 3.00 bits per heavy atom. The van der Waals surface area contributed by atoms with Crippen LogP contribution in [0.1, 0.15) is 17.3 Å². The zero-order chi connectivity index (χ0) is 9.42. The van der Waals surface area contributed by atoms with Crippen LogP contribution in [0.2, 0.25) is 0 Å². The second-order valence-electron chi connectivity index (χ2n) is 2.78. The van der Waals surface area contributed by atoms with Crippen molar-refractivity contribution >= 4 is 49.1 Å². The zero-order valence-corrected chi connectivity index (χ0v) is 10.1. The minimum atomic E-state index is -0.00354. The minimum Gasteiger partial charge on any atom is -0.240 e. The van der Waals surface area contributed by atoms with Gasteiger partial charge >= 0.3 is 0 Å². The first-order valence-electron chi connectivity index (χ1n) is 3.87. The number of rotatable bonds is 1. The molecule has 0 saturated carbocycles. The number of aromatic nitrogens is 1. The average molecular weight is 277 g/mol. The van der Waals surface area contributed by atoms with E-state index >= 15 is 0 Å². The van der Waals surface area contributed by atoms with Gasteiger partial charge in [0, 0.05) is 4.47 Å². The van der Waals surface area contributed by atoms with Crippen LogP contribution < -0.4 is 0 Å². The molecule has 0 saturated heterocycles. The topological polar surface area (TPSA) is 12.9 Å². The molecule has 1 aromatic carbocycles. The first-order chi connectivity index (χ1) is 6.16. The Balaban J connectivity index is 2.62. The van der Waals surface area contributed by atoms with E-state index in [-0.39, 0.29) is 5.38 Å². The van der Waals surface area contributed by atoms with Crippen LogP contribution in [0.4, 0.5) is 0 Å². The van der Waals surface area contributed by atoms with Gasteiger partial charge in [0.25, 0.3) is 0 Å². The lowest BCUT2D eigenvalue weighted by Gasteiger charge is -1.91. The van der Waals surface area contributed by atoms with Crippen molar-refractivity contribution in [3.8, 4) is 0 Å². The van der Waals surface area contributed by atoms with Crippen LogP contribution in [0.25, 0.3) is 10.2 Å². The fraction of sp³-hybridized carbons (Fsp3) is 0.222. The Kier molecular flexibility index (Phi) is 2.58. The molecule has 1 nitrogen and oxygen atoms in total. The summed E-state index contributed by atoms with van der Waals surface area (Å²) >= 11 is 11.0. The molecular formula is C9H7BrClNS. The van der Waals surface area contributed by atoms with Gasteiger partial charge in [0.2, 0.25) is 0 Å². The Labute approximate surface area is 93.9 Å². The molecule has 0 amide bonds. The lowest BCUT2D eigenvalue weighted by atomic mass is 10.3. The summed E-state index contributed by atoms with van der Waals surface area (Å²) in [6, 6.07) is 6.05. The molecule has 2 aromatic rings. The molecule has 1 aromatic heterocycles. The second-order valence-corrected chi connectivity index (χ2v) is 5.41. The van der Waals surface area contributed by atoms with Crippen LogP contribution in [0, 0.1) is 0 Å². The third-order valence-corrected chi connectivity index (χ3v) is 3.74. The first-order valence-corrected chi connectivity index (χ1v) is 5.91. The van der Waals surface area contributed by atoms with Crippen LogP contribution in [0.15, 0.2) is 22.7 Å². The third kappa shape index (κ3) is 1.87. The van der Waals surface area contributed by atoms with Gasteiger partial charge in [-0.25, -0.2) is 4.98 Å². The Morgan fingerprint density at radius 1 is 1.54 bits per heavy atom. The van der Waals surface area contributed by atoms with E-state index in [1.165, 1.54) is 4.70 Å². The maximum Gasteiger partial charge on any atom is 0.111 e. The molecule has 0 spiro atoms. The summed E-state index contributed by atoms with van der Waals surface area (Å²) in [5, 5.41) is 0.978. The van der Waals surface area contributed by atoms with Gasteiger partial charge in [0.05, 0.1) is 15.6 Å². The normalized spacial score (nSPS) is 13.5. The maximum absolute atomic E-state index is 5.95. The summed E-state index contributed by atoms with van der Waals surface area (Å²) in [6.07, 6.45) is 0. The highest BCUT2D eigenvalue weighted by Crippen LogP contribution is 2.30. The van der Waals surface area contributed by atoms with Gasteiger partial charge in [-0.2, -0.15) is 0 Å². The highest BCUT2D eigenvalue weighted by molar-refractivity contribution is 9.10. The van der Waals surface area contributed by atoms with Gasteiger partial charge < -0.3 is 0 Å².